The Labute approximate surface area is 128 Å². The van der Waals surface area contributed by atoms with Crippen molar-refractivity contribution in [2.75, 3.05) is 6.54 Å². The lowest BCUT2D eigenvalue weighted by Gasteiger charge is -2.36. The topological polar surface area (TPSA) is 12.0 Å². The van der Waals surface area contributed by atoms with Crippen LogP contribution in [0.4, 0.5) is 0 Å². The lowest BCUT2D eigenvalue weighted by Crippen LogP contribution is -2.41. The molecule has 0 heterocycles. The Balaban J connectivity index is 1.46. The van der Waals surface area contributed by atoms with Crippen LogP contribution in [0.3, 0.4) is 0 Å². The molecular weight excluding hydrogens is 266 g/mol. The first-order valence-corrected chi connectivity index (χ1v) is 8.19. The van der Waals surface area contributed by atoms with Crippen LogP contribution in [-0.4, -0.2) is 12.6 Å². The van der Waals surface area contributed by atoms with Crippen molar-refractivity contribution in [1.29, 1.82) is 0 Å². The van der Waals surface area contributed by atoms with Gasteiger partial charge in [0.25, 0.3) is 0 Å². The van der Waals surface area contributed by atoms with Gasteiger partial charge in [-0.05, 0) is 59.7 Å². The van der Waals surface area contributed by atoms with Crippen LogP contribution in [0.2, 0.25) is 5.02 Å². The average Bonchev–Trinajstić information content (AvgIpc) is 2.69. The maximum Gasteiger partial charge on any atom is 0.0408 e. The highest BCUT2D eigenvalue weighted by Crippen LogP contribution is 2.68. The second-order valence-corrected chi connectivity index (χ2v) is 8.26. The van der Waals surface area contributed by atoms with E-state index in [1.165, 1.54) is 24.9 Å². The van der Waals surface area contributed by atoms with Gasteiger partial charge in [0, 0.05) is 11.1 Å². The molecule has 2 aliphatic carbocycles. The fourth-order valence-corrected chi connectivity index (χ4v) is 4.14. The fourth-order valence-electron chi connectivity index (χ4n) is 3.95. The molecule has 2 heteroatoms. The largest absolute Gasteiger partial charge is 0.314 e. The lowest BCUT2D eigenvalue weighted by molar-refractivity contribution is 0.282. The first kappa shape index (κ1) is 14.4. The predicted molar refractivity (Wildman–Crippen MR) is 86.3 cm³/mol. The third-order valence-electron chi connectivity index (χ3n) is 6.39. The van der Waals surface area contributed by atoms with Gasteiger partial charge in [0.1, 0.15) is 0 Å². The highest BCUT2D eigenvalue weighted by atomic mass is 35.5. The van der Waals surface area contributed by atoms with Gasteiger partial charge in [-0.1, -0.05) is 51.4 Å². The summed E-state index contributed by atoms with van der Waals surface area (Å²) in [5.41, 5.74) is 2.40. The lowest BCUT2D eigenvalue weighted by atomic mass is 9.76. The molecule has 110 valence electrons. The van der Waals surface area contributed by atoms with E-state index in [0.29, 0.717) is 22.8 Å². The van der Waals surface area contributed by atoms with Gasteiger partial charge in [0.2, 0.25) is 0 Å². The van der Waals surface area contributed by atoms with Gasteiger partial charge in [-0.15, -0.1) is 0 Å². The minimum atomic E-state index is 0.496. The number of nitrogens with one attached hydrogen (secondary N) is 1. The third-order valence-corrected chi connectivity index (χ3v) is 6.62. The van der Waals surface area contributed by atoms with E-state index < -0.39 is 0 Å². The summed E-state index contributed by atoms with van der Waals surface area (Å²) in [4.78, 5) is 0. The second-order valence-electron chi connectivity index (χ2n) is 7.82. The van der Waals surface area contributed by atoms with Crippen LogP contribution in [0.1, 0.15) is 52.0 Å². The molecule has 0 radical (unpaired) electrons. The smallest absolute Gasteiger partial charge is 0.0408 e. The molecule has 1 aromatic rings. The van der Waals surface area contributed by atoms with Crippen molar-refractivity contribution in [3.8, 4) is 0 Å². The number of hydrogen-bond acceptors (Lipinski definition) is 1. The molecule has 2 aliphatic rings. The van der Waals surface area contributed by atoms with Gasteiger partial charge in [0.15, 0.2) is 0 Å². The Hall–Kier alpha value is -0.530. The maximum atomic E-state index is 6.06. The number of benzene rings is 1. The minimum Gasteiger partial charge on any atom is -0.314 e. The third kappa shape index (κ3) is 2.29. The van der Waals surface area contributed by atoms with E-state index >= 15 is 0 Å². The minimum absolute atomic E-state index is 0.496. The van der Waals surface area contributed by atoms with Gasteiger partial charge in [-0.2, -0.15) is 0 Å². The summed E-state index contributed by atoms with van der Waals surface area (Å²) in [5.74, 6) is 1.52. The van der Waals surface area contributed by atoms with Crippen molar-refractivity contribution < 1.29 is 0 Å². The number of hydrogen-bond donors (Lipinski definition) is 1. The Bertz CT molecular complexity index is 486. The highest BCUT2D eigenvalue weighted by Gasteiger charge is 2.64. The molecule has 1 aromatic carbocycles. The van der Waals surface area contributed by atoms with Crippen LogP contribution in [0.25, 0.3) is 0 Å². The van der Waals surface area contributed by atoms with Gasteiger partial charge < -0.3 is 5.32 Å². The normalized spacial score (nSPS) is 30.9. The van der Waals surface area contributed by atoms with Crippen LogP contribution >= 0.6 is 11.6 Å². The molecule has 0 unspecified atom stereocenters. The number of rotatable bonds is 4. The van der Waals surface area contributed by atoms with E-state index in [-0.39, 0.29) is 0 Å². The Morgan fingerprint density at radius 1 is 1.15 bits per heavy atom. The molecule has 0 saturated heterocycles. The predicted octanol–water partition coefficient (Wildman–Crippen LogP) is 4.86. The van der Waals surface area contributed by atoms with Crippen molar-refractivity contribution in [2.45, 2.75) is 52.5 Å². The Morgan fingerprint density at radius 3 is 2.35 bits per heavy atom. The Kier molecular flexibility index (Phi) is 3.42. The van der Waals surface area contributed by atoms with Gasteiger partial charge in [-0.3, -0.25) is 0 Å². The van der Waals surface area contributed by atoms with Crippen molar-refractivity contribution >= 4 is 11.6 Å². The van der Waals surface area contributed by atoms with Crippen LogP contribution < -0.4 is 5.32 Å². The molecule has 20 heavy (non-hydrogen) atoms. The van der Waals surface area contributed by atoms with Gasteiger partial charge in [-0.25, -0.2) is 0 Å². The zero-order valence-corrected chi connectivity index (χ0v) is 13.8. The molecule has 0 bridgehead atoms. The van der Waals surface area contributed by atoms with Gasteiger partial charge >= 0.3 is 0 Å². The summed E-state index contributed by atoms with van der Waals surface area (Å²) >= 11 is 6.06. The maximum absolute atomic E-state index is 6.06. The summed E-state index contributed by atoms with van der Waals surface area (Å²) in [6, 6.07) is 9.05. The molecule has 0 spiro atoms. The monoisotopic (exact) mass is 291 g/mol. The SMILES string of the molecule is CC1(C)C(CNC2CC(c3cccc(Cl)c3)C2)C1(C)C. The van der Waals surface area contributed by atoms with Crippen LogP contribution in [-0.2, 0) is 0 Å². The summed E-state index contributed by atoms with van der Waals surface area (Å²) in [5, 5.41) is 4.64. The number of halogens is 1. The summed E-state index contributed by atoms with van der Waals surface area (Å²) in [6.45, 7) is 10.8. The van der Waals surface area contributed by atoms with Crippen LogP contribution in [0.15, 0.2) is 24.3 Å². The zero-order chi connectivity index (χ0) is 14.5. The van der Waals surface area contributed by atoms with E-state index in [1.807, 2.05) is 6.07 Å². The van der Waals surface area contributed by atoms with Gasteiger partial charge in [0.05, 0.1) is 0 Å². The summed E-state index contributed by atoms with van der Waals surface area (Å²) < 4.78 is 0. The average molecular weight is 292 g/mol. The summed E-state index contributed by atoms with van der Waals surface area (Å²) in [7, 11) is 0. The first-order valence-electron chi connectivity index (χ1n) is 7.81. The van der Waals surface area contributed by atoms with E-state index in [2.05, 4.69) is 51.2 Å². The molecule has 0 aromatic heterocycles. The molecular formula is C18H26ClN. The summed E-state index contributed by atoms with van der Waals surface area (Å²) in [6.07, 6.45) is 2.52. The van der Waals surface area contributed by atoms with Crippen molar-refractivity contribution in [3.63, 3.8) is 0 Å². The molecule has 3 rings (SSSR count). The standard InChI is InChI=1S/C18H26ClN/c1-17(2)16(18(17,3)4)11-20-15-9-13(10-15)12-6-5-7-14(19)8-12/h5-8,13,15-16,20H,9-11H2,1-4H3. The molecule has 1 nitrogen and oxygen atoms in total. The quantitative estimate of drug-likeness (QED) is 0.835. The Morgan fingerprint density at radius 2 is 1.80 bits per heavy atom. The first-order chi connectivity index (χ1) is 9.32. The van der Waals surface area contributed by atoms with Crippen LogP contribution in [0.5, 0.6) is 0 Å². The molecule has 0 amide bonds. The molecule has 2 fully saturated rings. The van der Waals surface area contributed by atoms with Crippen LogP contribution in [0, 0.1) is 16.7 Å². The van der Waals surface area contributed by atoms with Crippen molar-refractivity contribution in [1.82, 2.24) is 5.32 Å². The van der Waals surface area contributed by atoms with E-state index in [9.17, 15) is 0 Å². The molecule has 1 N–H and O–H groups in total. The molecule has 0 aliphatic heterocycles. The van der Waals surface area contributed by atoms with E-state index in [0.717, 1.165) is 10.9 Å². The molecule has 2 saturated carbocycles. The second kappa shape index (κ2) is 4.74. The fraction of sp³-hybridized carbons (Fsp3) is 0.667. The van der Waals surface area contributed by atoms with E-state index in [4.69, 9.17) is 11.6 Å². The van der Waals surface area contributed by atoms with Crippen molar-refractivity contribution in [3.05, 3.63) is 34.9 Å². The van der Waals surface area contributed by atoms with Crippen molar-refractivity contribution in [2.24, 2.45) is 16.7 Å². The zero-order valence-electron chi connectivity index (χ0n) is 13.0. The highest BCUT2D eigenvalue weighted by molar-refractivity contribution is 6.30. The van der Waals surface area contributed by atoms with E-state index in [1.54, 1.807) is 0 Å². The molecule has 0 atom stereocenters.